The Morgan fingerprint density at radius 2 is 1.71 bits per heavy atom. The number of anilines is 2. The van der Waals surface area contributed by atoms with Crippen LogP contribution in [0.25, 0.3) is 0 Å². The fourth-order valence-electron chi connectivity index (χ4n) is 2.54. The lowest BCUT2D eigenvalue weighted by molar-refractivity contribution is 0.693. The second-order valence-electron chi connectivity index (χ2n) is 5.36. The van der Waals surface area contributed by atoms with Crippen molar-refractivity contribution in [2.45, 2.75) is 23.0 Å². The largest absolute Gasteiger partial charge is 0.337 e. The first kappa shape index (κ1) is 16.8. The molecular weight excluding hydrogens is 340 g/mol. The maximum Gasteiger partial charge on any atom is 0.163 e. The number of nitrogens with zero attached hydrogens (tertiary/aromatic N) is 2. The van der Waals surface area contributed by atoms with Crippen LogP contribution in [0.5, 0.6) is 0 Å². The van der Waals surface area contributed by atoms with Crippen LogP contribution in [0.1, 0.15) is 11.1 Å². The fourth-order valence-corrected chi connectivity index (χ4v) is 3.42. The minimum atomic E-state index is 0. The Morgan fingerprint density at radius 1 is 0.917 bits per heavy atom. The van der Waals surface area contributed by atoms with Gasteiger partial charge in [-0.25, -0.2) is 9.97 Å². The van der Waals surface area contributed by atoms with E-state index in [-0.39, 0.29) is 12.4 Å². The summed E-state index contributed by atoms with van der Waals surface area (Å²) in [5.41, 5.74) is 3.64. The third kappa shape index (κ3) is 3.70. The molecule has 4 nitrogen and oxygen atoms in total. The van der Waals surface area contributed by atoms with Gasteiger partial charge in [-0.1, -0.05) is 48.2 Å². The summed E-state index contributed by atoms with van der Waals surface area (Å²) in [7, 11) is 0. The third-order valence-corrected chi connectivity index (χ3v) is 4.74. The van der Waals surface area contributed by atoms with Gasteiger partial charge in [0.15, 0.2) is 5.82 Å². The average molecular weight is 357 g/mol. The van der Waals surface area contributed by atoms with Crippen molar-refractivity contribution in [1.82, 2.24) is 15.3 Å². The number of fused-ring (bicyclic) bond motifs is 2. The topological polar surface area (TPSA) is 49.8 Å². The van der Waals surface area contributed by atoms with Gasteiger partial charge >= 0.3 is 0 Å². The van der Waals surface area contributed by atoms with E-state index >= 15 is 0 Å². The zero-order valence-corrected chi connectivity index (χ0v) is 14.5. The maximum atomic E-state index is 4.35. The zero-order chi connectivity index (χ0) is 15.5. The summed E-state index contributed by atoms with van der Waals surface area (Å²) >= 11 is 1.66. The van der Waals surface area contributed by atoms with Gasteiger partial charge in [0.2, 0.25) is 0 Å². The minimum Gasteiger partial charge on any atom is -0.337 e. The lowest BCUT2D eigenvalue weighted by Gasteiger charge is -2.19. The summed E-state index contributed by atoms with van der Waals surface area (Å²) in [5, 5.41) is 7.77. The van der Waals surface area contributed by atoms with Crippen molar-refractivity contribution in [1.29, 1.82) is 0 Å². The van der Waals surface area contributed by atoms with Crippen molar-refractivity contribution in [3.8, 4) is 0 Å². The number of rotatable bonds is 4. The molecule has 0 aliphatic carbocycles. The van der Waals surface area contributed by atoms with E-state index in [0.717, 1.165) is 29.6 Å². The van der Waals surface area contributed by atoms with Gasteiger partial charge < -0.3 is 10.6 Å². The summed E-state index contributed by atoms with van der Waals surface area (Å²) in [6, 6.07) is 16.9. The predicted molar refractivity (Wildman–Crippen MR) is 100 cm³/mol. The normalized spacial score (nSPS) is 11.7. The molecule has 3 aromatic rings. The molecule has 4 rings (SSSR count). The second kappa shape index (κ2) is 7.66. The van der Waals surface area contributed by atoms with Crippen LogP contribution in [0.3, 0.4) is 0 Å². The van der Waals surface area contributed by atoms with Crippen LogP contribution in [0.15, 0.2) is 70.8 Å². The highest BCUT2D eigenvalue weighted by molar-refractivity contribution is 7.99. The smallest absolute Gasteiger partial charge is 0.163 e. The van der Waals surface area contributed by atoms with E-state index in [1.807, 2.05) is 6.07 Å². The number of hydrogen-bond acceptors (Lipinski definition) is 5. The molecule has 2 heterocycles. The summed E-state index contributed by atoms with van der Waals surface area (Å²) < 4.78 is 0. The van der Waals surface area contributed by atoms with Crippen molar-refractivity contribution in [3.05, 3.63) is 72.1 Å². The zero-order valence-electron chi connectivity index (χ0n) is 12.9. The minimum absolute atomic E-state index is 0. The van der Waals surface area contributed by atoms with Crippen molar-refractivity contribution in [2.24, 2.45) is 0 Å². The van der Waals surface area contributed by atoms with Crippen molar-refractivity contribution >= 4 is 35.7 Å². The van der Waals surface area contributed by atoms with Gasteiger partial charge in [0, 0.05) is 30.4 Å². The van der Waals surface area contributed by atoms with Crippen molar-refractivity contribution in [3.63, 3.8) is 0 Å². The van der Waals surface area contributed by atoms with Gasteiger partial charge in [0.05, 0.1) is 5.69 Å². The molecule has 24 heavy (non-hydrogen) atoms. The number of aromatic nitrogens is 2. The van der Waals surface area contributed by atoms with E-state index < -0.39 is 0 Å². The van der Waals surface area contributed by atoms with Crippen LogP contribution in [0, 0.1) is 0 Å². The lowest BCUT2D eigenvalue weighted by Crippen LogP contribution is -2.13. The maximum absolute atomic E-state index is 4.35. The van der Waals surface area contributed by atoms with E-state index in [2.05, 4.69) is 63.1 Å². The molecule has 0 saturated carbocycles. The van der Waals surface area contributed by atoms with E-state index in [0.29, 0.717) is 0 Å². The van der Waals surface area contributed by atoms with E-state index in [1.165, 1.54) is 16.0 Å². The Kier molecular flexibility index (Phi) is 5.35. The van der Waals surface area contributed by atoms with Crippen LogP contribution in [0.2, 0.25) is 0 Å². The van der Waals surface area contributed by atoms with Gasteiger partial charge in [-0.15, -0.1) is 12.4 Å². The molecule has 6 heteroatoms. The molecule has 2 N–H and O–H groups in total. The monoisotopic (exact) mass is 356 g/mol. The summed E-state index contributed by atoms with van der Waals surface area (Å²) in [4.78, 5) is 9.87. The Bertz CT molecular complexity index is 826. The first-order valence-electron chi connectivity index (χ1n) is 7.52. The fraction of sp³-hybridized carbons (Fsp3) is 0.111. The van der Waals surface area contributed by atoms with Crippen LogP contribution in [-0.4, -0.2) is 9.97 Å². The Balaban J connectivity index is 0.00000169. The van der Waals surface area contributed by atoms with Gasteiger partial charge in [0.25, 0.3) is 0 Å². The van der Waals surface area contributed by atoms with Gasteiger partial charge in [0.1, 0.15) is 5.03 Å². The van der Waals surface area contributed by atoms with Gasteiger partial charge in [-0.05, 0) is 23.3 Å². The summed E-state index contributed by atoms with van der Waals surface area (Å²) in [6.07, 6.45) is 3.43. The molecule has 0 amide bonds. The van der Waals surface area contributed by atoms with Crippen LogP contribution in [0.4, 0.5) is 11.5 Å². The van der Waals surface area contributed by atoms with E-state index in [9.17, 15) is 0 Å². The molecule has 0 unspecified atom stereocenters. The number of hydrogen-bond donors (Lipinski definition) is 2. The van der Waals surface area contributed by atoms with Crippen LogP contribution in [-0.2, 0) is 13.1 Å². The molecule has 0 saturated heterocycles. The molecule has 0 atom stereocenters. The van der Waals surface area contributed by atoms with Crippen LogP contribution >= 0.6 is 24.2 Å². The average Bonchev–Trinajstić information content (AvgIpc) is 2.61. The standard InChI is InChI=1S/C18H16N4S.ClH/c1-2-4-13(5-3-1)11-19-12-14-6-7-16-15(10-14)22-17-18(23-16)21-9-8-20-17;/h1-10,19H,11-12H2,(H,20,22);1H. The number of halogens is 1. The Labute approximate surface area is 151 Å². The molecule has 0 bridgehead atoms. The molecule has 1 aliphatic rings. The predicted octanol–water partition coefficient (Wildman–Crippen LogP) is 4.40. The summed E-state index contributed by atoms with van der Waals surface area (Å²) in [5.74, 6) is 0.833. The molecule has 1 aromatic heterocycles. The lowest BCUT2D eigenvalue weighted by atomic mass is 10.2. The third-order valence-electron chi connectivity index (χ3n) is 3.67. The van der Waals surface area contributed by atoms with Crippen molar-refractivity contribution < 1.29 is 0 Å². The van der Waals surface area contributed by atoms with Gasteiger partial charge in [-0.2, -0.15) is 0 Å². The Hall–Kier alpha value is -2.08. The molecule has 1 aliphatic heterocycles. The molecule has 2 aromatic carbocycles. The summed E-state index contributed by atoms with van der Waals surface area (Å²) in [6.45, 7) is 1.70. The molecule has 0 fully saturated rings. The SMILES string of the molecule is Cl.c1ccc(CNCc2ccc3c(c2)Nc2nccnc2S3)cc1. The van der Waals surface area contributed by atoms with E-state index in [4.69, 9.17) is 0 Å². The van der Waals surface area contributed by atoms with Gasteiger partial charge in [-0.3, -0.25) is 0 Å². The molecular formula is C18H17ClN4S. The quantitative estimate of drug-likeness (QED) is 0.567. The number of benzene rings is 2. The Morgan fingerprint density at radius 3 is 2.58 bits per heavy atom. The first-order valence-corrected chi connectivity index (χ1v) is 8.33. The number of nitrogens with one attached hydrogen (secondary N) is 2. The highest BCUT2D eigenvalue weighted by atomic mass is 35.5. The van der Waals surface area contributed by atoms with E-state index in [1.54, 1.807) is 24.2 Å². The molecule has 0 radical (unpaired) electrons. The molecule has 0 spiro atoms. The van der Waals surface area contributed by atoms with Crippen molar-refractivity contribution in [2.75, 3.05) is 5.32 Å². The first-order chi connectivity index (χ1) is 11.4. The second-order valence-corrected chi connectivity index (χ2v) is 6.39. The van der Waals surface area contributed by atoms with Crippen LogP contribution < -0.4 is 10.6 Å². The highest BCUT2D eigenvalue weighted by Gasteiger charge is 2.17. The highest BCUT2D eigenvalue weighted by Crippen LogP contribution is 2.41. The molecule has 122 valence electrons.